The summed E-state index contributed by atoms with van der Waals surface area (Å²) in [4.78, 5) is 2.19. The third-order valence-corrected chi connectivity index (χ3v) is 1.87. The monoisotopic (exact) mass is 165 g/mol. The topological polar surface area (TPSA) is 30.9 Å². The molecule has 0 aromatic heterocycles. The van der Waals surface area contributed by atoms with Gasteiger partial charge in [0, 0.05) is 6.54 Å². The smallest absolute Gasteiger partial charge is 0.127 e. The molecule has 0 aliphatic rings. The molecule has 0 heterocycles. The Hall–Kier alpha value is -0.860. The maximum Gasteiger partial charge on any atom is 0.127 e. The number of benzene rings is 1. The Morgan fingerprint density at radius 1 is 1.17 bits per heavy atom. The van der Waals surface area contributed by atoms with E-state index in [0.29, 0.717) is 0 Å². The fourth-order valence-corrected chi connectivity index (χ4v) is 1.06. The summed E-state index contributed by atoms with van der Waals surface area (Å²) in [6.07, 6.45) is 1.12. The summed E-state index contributed by atoms with van der Waals surface area (Å²) < 4.78 is 0. The van der Waals surface area contributed by atoms with Crippen molar-refractivity contribution in [3.05, 3.63) is 29.8 Å². The molecule has 0 saturated carbocycles. The van der Waals surface area contributed by atoms with E-state index in [9.17, 15) is 0 Å². The van der Waals surface area contributed by atoms with E-state index in [1.54, 1.807) is 0 Å². The van der Waals surface area contributed by atoms with Crippen molar-refractivity contribution < 1.29 is 5.73 Å². The largest absolute Gasteiger partial charge is 0.325 e. The Kier molecular flexibility index (Phi) is 3.26. The summed E-state index contributed by atoms with van der Waals surface area (Å²) in [5, 5.41) is 0. The van der Waals surface area contributed by atoms with Gasteiger partial charge in [0.05, 0.1) is 0 Å². The van der Waals surface area contributed by atoms with Crippen LogP contribution in [-0.4, -0.2) is 25.5 Å². The number of hydrogen-bond donors (Lipinski definition) is 1. The highest BCUT2D eigenvalue weighted by atomic mass is 15.0. The lowest BCUT2D eigenvalue weighted by Crippen LogP contribution is -2.39. The minimum atomic E-state index is 1.09. The fraction of sp³-hybridized carbons (Fsp3) is 0.400. The average Bonchev–Trinajstić information content (AvgIpc) is 2.03. The molecule has 0 saturated heterocycles. The molecular formula is C10H17N2+. The number of likely N-dealkylation sites (N-methyl/N-ethyl adjacent to an activating group) is 1. The van der Waals surface area contributed by atoms with Gasteiger partial charge in [-0.25, -0.2) is 0 Å². The van der Waals surface area contributed by atoms with Gasteiger partial charge in [0.1, 0.15) is 5.69 Å². The van der Waals surface area contributed by atoms with Crippen molar-refractivity contribution in [2.24, 2.45) is 0 Å². The van der Waals surface area contributed by atoms with Gasteiger partial charge in [-0.15, -0.1) is 0 Å². The highest BCUT2D eigenvalue weighted by molar-refractivity contribution is 5.31. The van der Waals surface area contributed by atoms with Crippen molar-refractivity contribution in [3.63, 3.8) is 0 Å². The van der Waals surface area contributed by atoms with Crippen LogP contribution in [0.15, 0.2) is 24.3 Å². The van der Waals surface area contributed by atoms with Crippen molar-refractivity contribution in [2.45, 2.75) is 6.42 Å². The van der Waals surface area contributed by atoms with Gasteiger partial charge in [-0.2, -0.15) is 0 Å². The summed E-state index contributed by atoms with van der Waals surface area (Å²) in [6, 6.07) is 8.41. The maximum absolute atomic E-state index is 3.85. The molecule has 0 radical (unpaired) electrons. The summed E-state index contributed by atoms with van der Waals surface area (Å²) in [7, 11) is 4.19. The molecule has 0 unspecified atom stereocenters. The first-order chi connectivity index (χ1) is 5.68. The third kappa shape index (κ3) is 3.03. The third-order valence-electron chi connectivity index (χ3n) is 1.87. The minimum absolute atomic E-state index is 1.09. The molecule has 66 valence electrons. The number of quaternary nitrogens is 1. The van der Waals surface area contributed by atoms with E-state index >= 15 is 0 Å². The SMILES string of the molecule is CN(C)CCc1ccc([NH3+])cc1. The van der Waals surface area contributed by atoms with E-state index in [0.717, 1.165) is 18.7 Å². The molecule has 0 aliphatic heterocycles. The Balaban J connectivity index is 2.48. The van der Waals surface area contributed by atoms with Crippen LogP contribution >= 0.6 is 0 Å². The molecule has 1 aromatic carbocycles. The fourth-order valence-electron chi connectivity index (χ4n) is 1.06. The second-order valence-corrected chi connectivity index (χ2v) is 3.37. The van der Waals surface area contributed by atoms with E-state index in [-0.39, 0.29) is 0 Å². The molecule has 0 aliphatic carbocycles. The van der Waals surface area contributed by atoms with Gasteiger partial charge in [0.25, 0.3) is 0 Å². The highest BCUT2D eigenvalue weighted by Gasteiger charge is 1.94. The second-order valence-electron chi connectivity index (χ2n) is 3.37. The first-order valence-corrected chi connectivity index (χ1v) is 4.24. The zero-order chi connectivity index (χ0) is 8.97. The van der Waals surface area contributed by atoms with Crippen molar-refractivity contribution in [1.82, 2.24) is 4.90 Å². The second kappa shape index (κ2) is 4.24. The molecule has 12 heavy (non-hydrogen) atoms. The lowest BCUT2D eigenvalue weighted by Gasteiger charge is -2.08. The minimum Gasteiger partial charge on any atom is -0.325 e. The van der Waals surface area contributed by atoms with Crippen LogP contribution in [0.4, 0.5) is 5.69 Å². The van der Waals surface area contributed by atoms with Gasteiger partial charge in [-0.1, -0.05) is 12.1 Å². The quantitative estimate of drug-likeness (QED) is 0.701. The predicted octanol–water partition coefficient (Wildman–Crippen LogP) is 0.664. The van der Waals surface area contributed by atoms with Gasteiger partial charge in [-0.3, -0.25) is 0 Å². The van der Waals surface area contributed by atoms with Gasteiger partial charge < -0.3 is 10.6 Å². The van der Waals surface area contributed by atoms with E-state index in [4.69, 9.17) is 0 Å². The summed E-state index contributed by atoms with van der Waals surface area (Å²) in [6.45, 7) is 1.11. The van der Waals surface area contributed by atoms with Crippen LogP contribution in [0.1, 0.15) is 5.56 Å². The Labute approximate surface area is 74.0 Å². The van der Waals surface area contributed by atoms with E-state index in [2.05, 4.69) is 49.0 Å². The number of nitrogens with zero attached hydrogens (tertiary/aromatic N) is 1. The summed E-state index contributed by atoms with van der Waals surface area (Å²) >= 11 is 0. The first-order valence-electron chi connectivity index (χ1n) is 4.24. The molecule has 0 atom stereocenters. The first kappa shape index (κ1) is 9.23. The number of rotatable bonds is 3. The number of hydrogen-bond acceptors (Lipinski definition) is 1. The van der Waals surface area contributed by atoms with Crippen LogP contribution in [0.3, 0.4) is 0 Å². The van der Waals surface area contributed by atoms with Gasteiger partial charge in [0.15, 0.2) is 0 Å². The molecule has 0 fully saturated rings. The lowest BCUT2D eigenvalue weighted by molar-refractivity contribution is -0.254. The maximum atomic E-state index is 3.85. The molecule has 2 nitrogen and oxygen atoms in total. The predicted molar refractivity (Wildman–Crippen MR) is 51.2 cm³/mol. The normalized spacial score (nSPS) is 10.7. The zero-order valence-corrected chi connectivity index (χ0v) is 7.88. The van der Waals surface area contributed by atoms with Gasteiger partial charge in [-0.05, 0) is 38.2 Å². The Morgan fingerprint density at radius 2 is 1.75 bits per heavy atom. The standard InChI is InChI=1S/C10H16N2/c1-12(2)8-7-9-3-5-10(11)6-4-9/h3-6H,7-8,11H2,1-2H3/p+1. The lowest BCUT2D eigenvalue weighted by atomic mass is 10.1. The van der Waals surface area contributed by atoms with Gasteiger partial charge in [0.2, 0.25) is 0 Å². The van der Waals surface area contributed by atoms with Crippen molar-refractivity contribution in [1.29, 1.82) is 0 Å². The molecule has 0 spiro atoms. The molecule has 1 rings (SSSR count). The van der Waals surface area contributed by atoms with Crippen LogP contribution in [0, 0.1) is 0 Å². The van der Waals surface area contributed by atoms with Crippen LogP contribution in [0.5, 0.6) is 0 Å². The zero-order valence-electron chi connectivity index (χ0n) is 7.88. The molecule has 0 amide bonds. The van der Waals surface area contributed by atoms with E-state index < -0.39 is 0 Å². The average molecular weight is 165 g/mol. The van der Waals surface area contributed by atoms with E-state index in [1.165, 1.54) is 5.56 Å². The Morgan fingerprint density at radius 3 is 2.25 bits per heavy atom. The Bertz CT molecular complexity index is 226. The van der Waals surface area contributed by atoms with Crippen LogP contribution < -0.4 is 5.73 Å². The molecule has 3 N–H and O–H groups in total. The van der Waals surface area contributed by atoms with Crippen LogP contribution in [-0.2, 0) is 6.42 Å². The van der Waals surface area contributed by atoms with E-state index in [1.807, 2.05) is 0 Å². The van der Waals surface area contributed by atoms with Crippen molar-refractivity contribution >= 4 is 5.69 Å². The van der Waals surface area contributed by atoms with Crippen molar-refractivity contribution in [3.8, 4) is 0 Å². The summed E-state index contributed by atoms with van der Waals surface area (Å²) in [5.74, 6) is 0. The summed E-state index contributed by atoms with van der Waals surface area (Å²) in [5.41, 5.74) is 6.32. The van der Waals surface area contributed by atoms with Crippen LogP contribution in [0.2, 0.25) is 0 Å². The molecule has 0 bridgehead atoms. The molecule has 2 heteroatoms. The van der Waals surface area contributed by atoms with Crippen LogP contribution in [0.25, 0.3) is 0 Å². The van der Waals surface area contributed by atoms with Crippen molar-refractivity contribution in [2.75, 3.05) is 20.6 Å². The highest BCUT2D eigenvalue weighted by Crippen LogP contribution is 2.04. The molecular weight excluding hydrogens is 148 g/mol. The van der Waals surface area contributed by atoms with Gasteiger partial charge >= 0.3 is 0 Å². The molecule has 1 aromatic rings.